The Morgan fingerprint density at radius 1 is 1.50 bits per heavy atom. The van der Waals surface area contributed by atoms with Crippen LogP contribution in [0.1, 0.15) is 24.2 Å². The predicted octanol–water partition coefficient (Wildman–Crippen LogP) is 1.59. The summed E-state index contributed by atoms with van der Waals surface area (Å²) in [5.41, 5.74) is 11.8. The quantitative estimate of drug-likeness (QED) is 0.749. The minimum Gasteiger partial charge on any atom is -0.382 e. The highest BCUT2D eigenvalue weighted by atomic mass is 35.5. The van der Waals surface area contributed by atoms with Crippen molar-refractivity contribution >= 4 is 23.2 Å². The summed E-state index contributed by atoms with van der Waals surface area (Å²) in [4.78, 5) is 10.9. The lowest BCUT2D eigenvalue weighted by atomic mass is 10.1. The van der Waals surface area contributed by atoms with E-state index in [1.165, 1.54) is 6.07 Å². The molecule has 1 amide bonds. The summed E-state index contributed by atoms with van der Waals surface area (Å²) in [6, 6.07) is 4.88. The van der Waals surface area contributed by atoms with Crippen LogP contribution in [-0.2, 0) is 0 Å². The molecule has 0 heterocycles. The Labute approximate surface area is 100.0 Å². The molecule has 0 aliphatic carbocycles. The molecule has 0 fully saturated rings. The molecule has 0 saturated carbocycles. The molecule has 0 unspecified atom stereocenters. The third kappa shape index (κ3) is 3.72. The normalized spacial score (nSPS) is 11.2. The van der Waals surface area contributed by atoms with Gasteiger partial charge in [-0.2, -0.15) is 0 Å². The minimum atomic E-state index is -0.493. The van der Waals surface area contributed by atoms with Gasteiger partial charge < -0.3 is 16.8 Å². The number of benzene rings is 1. The van der Waals surface area contributed by atoms with E-state index in [-0.39, 0.29) is 5.54 Å². The van der Waals surface area contributed by atoms with Crippen LogP contribution in [0, 0.1) is 0 Å². The standard InChI is InChI=1S/C11H16ClN3O/c1-11(2,14)6-15-9-4-3-7(10(13)16)5-8(9)12/h3-5,15H,6,14H2,1-2H3,(H2,13,16). The molecular weight excluding hydrogens is 226 g/mol. The predicted molar refractivity (Wildman–Crippen MR) is 66.7 cm³/mol. The number of hydrogen-bond acceptors (Lipinski definition) is 3. The maximum Gasteiger partial charge on any atom is 0.248 e. The third-order valence-electron chi connectivity index (χ3n) is 1.99. The highest BCUT2D eigenvalue weighted by molar-refractivity contribution is 6.33. The summed E-state index contributed by atoms with van der Waals surface area (Å²) in [5, 5.41) is 3.57. The molecule has 1 aromatic rings. The molecule has 0 spiro atoms. The van der Waals surface area contributed by atoms with Crippen LogP contribution in [0.2, 0.25) is 5.02 Å². The van der Waals surface area contributed by atoms with Crippen molar-refractivity contribution in [1.29, 1.82) is 0 Å². The highest BCUT2D eigenvalue weighted by Crippen LogP contribution is 2.23. The first-order valence-corrected chi connectivity index (χ1v) is 5.29. The van der Waals surface area contributed by atoms with Crippen molar-refractivity contribution in [3.05, 3.63) is 28.8 Å². The minimum absolute atomic E-state index is 0.328. The van der Waals surface area contributed by atoms with Gasteiger partial charge in [-0.15, -0.1) is 0 Å². The molecule has 5 heteroatoms. The number of halogens is 1. The largest absolute Gasteiger partial charge is 0.382 e. The molecular formula is C11H16ClN3O. The monoisotopic (exact) mass is 241 g/mol. The van der Waals surface area contributed by atoms with Crippen LogP contribution >= 0.6 is 11.6 Å². The number of nitrogens with two attached hydrogens (primary N) is 2. The van der Waals surface area contributed by atoms with Gasteiger partial charge in [0.15, 0.2) is 0 Å². The van der Waals surface area contributed by atoms with Crippen LogP contribution in [0.25, 0.3) is 0 Å². The van der Waals surface area contributed by atoms with Gasteiger partial charge in [-0.1, -0.05) is 11.6 Å². The maximum absolute atomic E-state index is 10.9. The van der Waals surface area contributed by atoms with E-state index in [0.717, 1.165) is 5.69 Å². The van der Waals surface area contributed by atoms with E-state index in [2.05, 4.69) is 5.32 Å². The number of carbonyl (C=O) groups excluding carboxylic acids is 1. The van der Waals surface area contributed by atoms with E-state index in [9.17, 15) is 4.79 Å². The average molecular weight is 242 g/mol. The van der Waals surface area contributed by atoms with E-state index < -0.39 is 5.91 Å². The van der Waals surface area contributed by atoms with Crippen molar-refractivity contribution in [2.24, 2.45) is 11.5 Å². The maximum atomic E-state index is 10.9. The van der Waals surface area contributed by atoms with Crippen LogP contribution in [0.15, 0.2) is 18.2 Å². The van der Waals surface area contributed by atoms with Crippen molar-refractivity contribution in [1.82, 2.24) is 0 Å². The Kier molecular flexibility index (Phi) is 3.78. The van der Waals surface area contributed by atoms with Gasteiger partial charge in [-0.05, 0) is 32.0 Å². The molecule has 88 valence electrons. The van der Waals surface area contributed by atoms with E-state index >= 15 is 0 Å². The molecule has 0 aromatic heterocycles. The van der Waals surface area contributed by atoms with Crippen molar-refractivity contribution in [3.8, 4) is 0 Å². The smallest absolute Gasteiger partial charge is 0.248 e. The number of carbonyl (C=O) groups is 1. The molecule has 16 heavy (non-hydrogen) atoms. The zero-order chi connectivity index (χ0) is 12.3. The summed E-state index contributed by atoms with van der Waals surface area (Å²) in [6.45, 7) is 4.40. The second-order valence-corrected chi connectivity index (χ2v) is 4.81. The Bertz CT molecular complexity index is 399. The van der Waals surface area contributed by atoms with E-state index in [4.69, 9.17) is 23.1 Å². The van der Waals surface area contributed by atoms with Crippen LogP contribution in [-0.4, -0.2) is 18.0 Å². The van der Waals surface area contributed by atoms with Crippen LogP contribution in [0.4, 0.5) is 5.69 Å². The van der Waals surface area contributed by atoms with E-state index in [1.54, 1.807) is 12.1 Å². The van der Waals surface area contributed by atoms with Crippen molar-refractivity contribution in [2.75, 3.05) is 11.9 Å². The molecule has 0 aliphatic heterocycles. The number of rotatable bonds is 4. The fourth-order valence-corrected chi connectivity index (χ4v) is 1.38. The number of amides is 1. The lowest BCUT2D eigenvalue weighted by Gasteiger charge is -2.20. The Hall–Kier alpha value is -1.26. The highest BCUT2D eigenvalue weighted by Gasteiger charge is 2.11. The van der Waals surface area contributed by atoms with Gasteiger partial charge in [0.25, 0.3) is 0 Å². The Balaban J connectivity index is 2.80. The molecule has 5 N–H and O–H groups in total. The summed E-state index contributed by atoms with van der Waals surface area (Å²) >= 11 is 5.99. The first-order valence-electron chi connectivity index (χ1n) is 4.92. The van der Waals surface area contributed by atoms with Gasteiger partial charge in [-0.3, -0.25) is 4.79 Å². The molecule has 0 bridgehead atoms. The van der Waals surface area contributed by atoms with Gasteiger partial charge in [0.1, 0.15) is 0 Å². The van der Waals surface area contributed by atoms with Crippen molar-refractivity contribution in [2.45, 2.75) is 19.4 Å². The van der Waals surface area contributed by atoms with Gasteiger partial charge >= 0.3 is 0 Å². The Morgan fingerprint density at radius 3 is 2.56 bits per heavy atom. The lowest BCUT2D eigenvalue weighted by Crippen LogP contribution is -2.39. The molecule has 0 aliphatic rings. The number of anilines is 1. The summed E-state index contributed by atoms with van der Waals surface area (Å²) < 4.78 is 0. The second-order valence-electron chi connectivity index (χ2n) is 4.40. The summed E-state index contributed by atoms with van der Waals surface area (Å²) in [5.74, 6) is -0.493. The number of hydrogen-bond donors (Lipinski definition) is 3. The van der Waals surface area contributed by atoms with Crippen molar-refractivity contribution < 1.29 is 4.79 Å². The number of primary amides is 1. The van der Waals surface area contributed by atoms with Crippen LogP contribution in [0.5, 0.6) is 0 Å². The molecule has 1 rings (SSSR count). The molecule has 4 nitrogen and oxygen atoms in total. The molecule has 0 atom stereocenters. The van der Waals surface area contributed by atoms with Gasteiger partial charge in [0.05, 0.1) is 10.7 Å². The molecule has 0 radical (unpaired) electrons. The van der Waals surface area contributed by atoms with Gasteiger partial charge in [0, 0.05) is 17.6 Å². The third-order valence-corrected chi connectivity index (χ3v) is 2.30. The molecule has 1 aromatic carbocycles. The Morgan fingerprint density at radius 2 is 2.12 bits per heavy atom. The SMILES string of the molecule is CC(C)(N)CNc1ccc(C(N)=O)cc1Cl. The first kappa shape index (κ1) is 12.8. The van der Waals surface area contributed by atoms with Gasteiger partial charge in [0.2, 0.25) is 5.91 Å². The van der Waals surface area contributed by atoms with Crippen LogP contribution in [0.3, 0.4) is 0 Å². The second kappa shape index (κ2) is 4.72. The van der Waals surface area contributed by atoms with E-state index in [0.29, 0.717) is 17.1 Å². The van der Waals surface area contributed by atoms with Crippen LogP contribution < -0.4 is 16.8 Å². The zero-order valence-corrected chi connectivity index (χ0v) is 10.1. The molecule has 0 saturated heterocycles. The fourth-order valence-electron chi connectivity index (χ4n) is 1.13. The topological polar surface area (TPSA) is 81.1 Å². The first-order chi connectivity index (χ1) is 7.29. The summed E-state index contributed by atoms with van der Waals surface area (Å²) in [6.07, 6.45) is 0. The number of nitrogens with one attached hydrogen (secondary N) is 1. The summed E-state index contributed by atoms with van der Waals surface area (Å²) in [7, 11) is 0. The van der Waals surface area contributed by atoms with Crippen molar-refractivity contribution in [3.63, 3.8) is 0 Å². The van der Waals surface area contributed by atoms with Gasteiger partial charge in [-0.25, -0.2) is 0 Å². The lowest BCUT2D eigenvalue weighted by molar-refractivity contribution is 0.100. The zero-order valence-electron chi connectivity index (χ0n) is 9.38. The fraction of sp³-hybridized carbons (Fsp3) is 0.364. The average Bonchev–Trinajstić information content (AvgIpc) is 2.14. The van der Waals surface area contributed by atoms with E-state index in [1.807, 2.05) is 13.8 Å².